The van der Waals surface area contributed by atoms with Crippen molar-refractivity contribution < 1.29 is 0 Å². The molecule has 11 rings (SSSR count). The van der Waals surface area contributed by atoms with E-state index in [1.54, 1.807) is 0 Å². The summed E-state index contributed by atoms with van der Waals surface area (Å²) >= 11 is 1.81. The van der Waals surface area contributed by atoms with Gasteiger partial charge in [0, 0.05) is 36.9 Å². The molecule has 0 radical (unpaired) electrons. The van der Waals surface area contributed by atoms with Crippen LogP contribution in [0.3, 0.4) is 0 Å². The van der Waals surface area contributed by atoms with E-state index in [0.29, 0.717) is 17.5 Å². The summed E-state index contributed by atoms with van der Waals surface area (Å²) in [6.07, 6.45) is 0. The molecule has 8 aromatic carbocycles. The van der Waals surface area contributed by atoms with E-state index >= 15 is 0 Å². The first-order chi connectivity index (χ1) is 26.3. The van der Waals surface area contributed by atoms with Gasteiger partial charge in [0.25, 0.3) is 0 Å². The number of thiophene rings is 1. The maximum absolute atomic E-state index is 5.09. The molecule has 2 aromatic heterocycles. The minimum Gasteiger partial charge on any atom is -0.208 e. The minimum atomic E-state index is 0.663. The second kappa shape index (κ2) is 11.9. The van der Waals surface area contributed by atoms with Crippen LogP contribution in [0.1, 0.15) is 0 Å². The van der Waals surface area contributed by atoms with Crippen molar-refractivity contribution in [2.75, 3.05) is 0 Å². The minimum absolute atomic E-state index is 0.663. The summed E-state index contributed by atoms with van der Waals surface area (Å²) < 4.78 is 2.45. The van der Waals surface area contributed by atoms with Crippen molar-refractivity contribution in [1.29, 1.82) is 0 Å². The van der Waals surface area contributed by atoms with Gasteiger partial charge in [-0.3, -0.25) is 0 Å². The Kier molecular flexibility index (Phi) is 6.73. The smallest absolute Gasteiger partial charge is 0.164 e. The number of fused-ring (bicyclic) bond motifs is 6. The van der Waals surface area contributed by atoms with E-state index in [0.717, 1.165) is 16.7 Å². The van der Waals surface area contributed by atoms with Crippen molar-refractivity contribution in [1.82, 2.24) is 15.0 Å². The van der Waals surface area contributed by atoms with Crippen molar-refractivity contribution in [2.24, 2.45) is 0 Å². The molecule has 1 aliphatic rings. The van der Waals surface area contributed by atoms with Crippen LogP contribution in [0.15, 0.2) is 176 Å². The SMILES string of the molecule is c1ccc(-c2nc(-c3ccccc3)nc(-c3cccc4sc5ccc(-c6ccc(-c7ccc8c9c(cccc79)-c7ccccc7-8)cc6)cc5c34)n2)cc1. The van der Waals surface area contributed by atoms with Gasteiger partial charge in [-0.2, -0.15) is 0 Å². The molecular formula is C49H29N3S. The molecule has 0 aliphatic heterocycles. The second-order valence-electron chi connectivity index (χ2n) is 13.5. The monoisotopic (exact) mass is 691 g/mol. The second-order valence-corrected chi connectivity index (χ2v) is 14.6. The summed E-state index contributed by atoms with van der Waals surface area (Å²) in [7, 11) is 0. The molecule has 0 unspecified atom stereocenters. The van der Waals surface area contributed by atoms with Crippen LogP contribution in [0.4, 0.5) is 0 Å². The lowest BCUT2D eigenvalue weighted by Crippen LogP contribution is -2.00. The van der Waals surface area contributed by atoms with Crippen molar-refractivity contribution >= 4 is 42.3 Å². The van der Waals surface area contributed by atoms with Gasteiger partial charge in [0.2, 0.25) is 0 Å². The van der Waals surface area contributed by atoms with Crippen molar-refractivity contribution in [3.63, 3.8) is 0 Å². The fourth-order valence-corrected chi connectivity index (χ4v) is 9.14. The summed E-state index contributed by atoms with van der Waals surface area (Å²) in [5.74, 6) is 2.00. The van der Waals surface area contributed by atoms with Gasteiger partial charge in [0.15, 0.2) is 17.5 Å². The Morgan fingerprint density at radius 2 is 0.830 bits per heavy atom. The van der Waals surface area contributed by atoms with E-state index in [-0.39, 0.29) is 0 Å². The van der Waals surface area contributed by atoms with Crippen LogP contribution in [0, 0.1) is 0 Å². The molecule has 1 aliphatic carbocycles. The predicted octanol–water partition coefficient (Wildman–Crippen LogP) is 13.4. The van der Waals surface area contributed by atoms with Crippen molar-refractivity contribution in [3.8, 4) is 78.7 Å². The Labute approximate surface area is 310 Å². The van der Waals surface area contributed by atoms with Crippen molar-refractivity contribution in [2.45, 2.75) is 0 Å². The first-order valence-corrected chi connectivity index (χ1v) is 18.7. The Hall–Kier alpha value is -6.75. The number of benzene rings is 8. The molecule has 4 heteroatoms. The molecule has 2 heterocycles. The first kappa shape index (κ1) is 29.9. The lowest BCUT2D eigenvalue weighted by atomic mass is 9.93. The van der Waals surface area contributed by atoms with E-state index in [1.165, 1.54) is 75.5 Å². The molecule has 3 nitrogen and oxygen atoms in total. The maximum atomic E-state index is 5.09. The van der Waals surface area contributed by atoms with Gasteiger partial charge in [0.05, 0.1) is 0 Å². The number of hydrogen-bond acceptors (Lipinski definition) is 4. The number of rotatable bonds is 5. The Morgan fingerprint density at radius 3 is 1.55 bits per heavy atom. The molecule has 0 spiro atoms. The largest absolute Gasteiger partial charge is 0.208 e. The van der Waals surface area contributed by atoms with Gasteiger partial charge >= 0.3 is 0 Å². The first-order valence-electron chi connectivity index (χ1n) is 17.9. The van der Waals surface area contributed by atoms with E-state index in [2.05, 4.69) is 140 Å². The molecule has 0 fully saturated rings. The zero-order chi connectivity index (χ0) is 34.9. The average Bonchev–Trinajstić information content (AvgIpc) is 3.78. The molecule has 246 valence electrons. The highest BCUT2D eigenvalue weighted by molar-refractivity contribution is 7.26. The predicted molar refractivity (Wildman–Crippen MR) is 222 cm³/mol. The van der Waals surface area contributed by atoms with Crippen LogP contribution in [0.5, 0.6) is 0 Å². The Morgan fingerprint density at radius 1 is 0.283 bits per heavy atom. The molecule has 0 amide bonds. The topological polar surface area (TPSA) is 38.7 Å². The molecule has 0 saturated carbocycles. The highest BCUT2D eigenvalue weighted by Crippen LogP contribution is 2.49. The van der Waals surface area contributed by atoms with Crippen LogP contribution >= 0.6 is 11.3 Å². The van der Waals surface area contributed by atoms with Crippen molar-refractivity contribution in [3.05, 3.63) is 176 Å². The molecule has 0 N–H and O–H groups in total. The molecule has 10 aromatic rings. The summed E-state index contributed by atoms with van der Waals surface area (Å²) in [6, 6.07) is 62.7. The third-order valence-electron chi connectivity index (χ3n) is 10.5. The molecule has 0 bridgehead atoms. The molecular weight excluding hydrogens is 663 g/mol. The average molecular weight is 692 g/mol. The van der Waals surface area contributed by atoms with E-state index in [4.69, 9.17) is 15.0 Å². The number of aromatic nitrogens is 3. The van der Waals surface area contributed by atoms with E-state index < -0.39 is 0 Å². The van der Waals surface area contributed by atoms with E-state index in [1.807, 2.05) is 47.7 Å². The Balaban J connectivity index is 1.02. The highest BCUT2D eigenvalue weighted by Gasteiger charge is 2.22. The maximum Gasteiger partial charge on any atom is 0.164 e. The zero-order valence-electron chi connectivity index (χ0n) is 28.5. The standard InChI is InChI=1S/C49H29N3S/c1-3-11-32(12-4-1)47-50-48(33-13-5-2-6-14-33)52-49(51-47)41-19-10-20-44-46(41)42-29-34(25-28-43(42)53-44)30-21-23-31(24-22-30)35-26-27-40-37-16-8-7-15-36(37)39-18-9-17-38(35)45(39)40/h1-29H. The van der Waals surface area contributed by atoms with Gasteiger partial charge in [0.1, 0.15) is 0 Å². The lowest BCUT2D eigenvalue weighted by molar-refractivity contribution is 1.08. The van der Waals surface area contributed by atoms with Gasteiger partial charge < -0.3 is 0 Å². The number of nitrogens with zero attached hydrogens (tertiary/aromatic N) is 3. The van der Waals surface area contributed by atoms with E-state index in [9.17, 15) is 0 Å². The normalized spacial score (nSPS) is 11.8. The molecule has 53 heavy (non-hydrogen) atoms. The van der Waals surface area contributed by atoms with Crippen LogP contribution in [0.2, 0.25) is 0 Å². The Bertz CT molecular complexity index is 2950. The third-order valence-corrected chi connectivity index (χ3v) is 11.6. The van der Waals surface area contributed by atoms with Gasteiger partial charge in [-0.15, -0.1) is 11.3 Å². The highest BCUT2D eigenvalue weighted by atomic mass is 32.1. The van der Waals surface area contributed by atoms with Crippen LogP contribution < -0.4 is 0 Å². The molecule has 0 atom stereocenters. The van der Waals surface area contributed by atoms with Gasteiger partial charge in [-0.05, 0) is 73.5 Å². The summed E-state index contributed by atoms with van der Waals surface area (Å²) in [6.45, 7) is 0. The quantitative estimate of drug-likeness (QED) is 0.180. The summed E-state index contributed by atoms with van der Waals surface area (Å²) in [5.41, 5.74) is 13.1. The molecule has 0 saturated heterocycles. The summed E-state index contributed by atoms with van der Waals surface area (Å²) in [4.78, 5) is 15.1. The third kappa shape index (κ3) is 4.84. The van der Waals surface area contributed by atoms with Crippen LogP contribution in [-0.4, -0.2) is 15.0 Å². The van der Waals surface area contributed by atoms with Crippen LogP contribution in [0.25, 0.3) is 110 Å². The van der Waals surface area contributed by atoms with Crippen LogP contribution in [-0.2, 0) is 0 Å². The number of hydrogen-bond donors (Lipinski definition) is 0. The zero-order valence-corrected chi connectivity index (χ0v) is 29.3. The van der Waals surface area contributed by atoms with Gasteiger partial charge in [-0.25, -0.2) is 15.0 Å². The fourth-order valence-electron chi connectivity index (χ4n) is 8.02. The lowest BCUT2D eigenvalue weighted by Gasteiger charge is -2.11. The van der Waals surface area contributed by atoms with Gasteiger partial charge in [-0.1, -0.05) is 158 Å². The summed E-state index contributed by atoms with van der Waals surface area (Å²) in [5, 5.41) is 5.03. The fraction of sp³-hybridized carbons (Fsp3) is 0.